The van der Waals surface area contributed by atoms with Crippen molar-refractivity contribution in [3.8, 4) is 17.0 Å². The molecule has 0 atom stereocenters. The third-order valence-corrected chi connectivity index (χ3v) is 5.07. The fourth-order valence-electron chi connectivity index (χ4n) is 2.59. The summed E-state index contributed by atoms with van der Waals surface area (Å²) in [5.41, 5.74) is 1.95. The minimum absolute atomic E-state index is 0.408. The number of rotatable bonds is 4. The fourth-order valence-corrected chi connectivity index (χ4v) is 3.69. The van der Waals surface area contributed by atoms with E-state index in [0.717, 1.165) is 21.3 Å². The van der Waals surface area contributed by atoms with E-state index in [1.54, 1.807) is 19.2 Å². The number of hydrogen-bond donors (Lipinski definition) is 1. The Morgan fingerprint density at radius 2 is 2.04 bits per heavy atom. The van der Waals surface area contributed by atoms with Crippen molar-refractivity contribution >= 4 is 49.1 Å². The molecule has 0 saturated heterocycles. The Bertz CT molecular complexity index is 1150. The fraction of sp³-hybridized carbons (Fsp3) is 0.0526. The molecule has 1 N–H and O–H groups in total. The summed E-state index contributed by atoms with van der Waals surface area (Å²) in [6.07, 6.45) is 0. The average Bonchev–Trinajstić information content (AvgIpc) is 3.10. The first-order valence-corrected chi connectivity index (χ1v) is 9.40. The van der Waals surface area contributed by atoms with Crippen LogP contribution in [0.2, 0.25) is 0 Å². The number of fused-ring (bicyclic) bond motifs is 1. The van der Waals surface area contributed by atoms with Crippen molar-refractivity contribution < 1.29 is 9.15 Å². The lowest BCUT2D eigenvalue weighted by atomic mass is 10.1. The van der Waals surface area contributed by atoms with Gasteiger partial charge < -0.3 is 14.5 Å². The van der Waals surface area contributed by atoms with Crippen LogP contribution in [0.15, 0.2) is 67.6 Å². The summed E-state index contributed by atoms with van der Waals surface area (Å²) in [5, 5.41) is 6.55. The van der Waals surface area contributed by atoms with Crippen LogP contribution >= 0.6 is 27.3 Å². The lowest BCUT2D eigenvalue weighted by molar-refractivity contribution is 0.417. The smallest absolute Gasteiger partial charge is 0.345 e. The van der Waals surface area contributed by atoms with Crippen LogP contribution in [-0.2, 0) is 0 Å². The molecule has 0 fully saturated rings. The van der Waals surface area contributed by atoms with Crippen LogP contribution in [0, 0.1) is 0 Å². The topological polar surface area (TPSA) is 64.4 Å². The highest BCUT2D eigenvalue weighted by atomic mass is 79.9. The molecule has 0 unspecified atom stereocenters. The minimum Gasteiger partial charge on any atom is -0.495 e. The first-order valence-electron chi connectivity index (χ1n) is 7.73. The SMILES string of the molecule is COc1ccccc1Nc1nc(-c2cc3cc(Br)ccc3oc2=O)cs1. The van der Waals surface area contributed by atoms with Gasteiger partial charge in [0, 0.05) is 15.2 Å². The van der Waals surface area contributed by atoms with Crippen LogP contribution in [0.1, 0.15) is 0 Å². The van der Waals surface area contributed by atoms with Crippen LogP contribution in [0.5, 0.6) is 5.75 Å². The maximum Gasteiger partial charge on any atom is 0.345 e. The number of hydrogen-bond acceptors (Lipinski definition) is 6. The number of nitrogens with one attached hydrogen (secondary N) is 1. The van der Waals surface area contributed by atoms with Crippen molar-refractivity contribution in [3.63, 3.8) is 0 Å². The highest BCUT2D eigenvalue weighted by molar-refractivity contribution is 9.10. The van der Waals surface area contributed by atoms with Gasteiger partial charge in [-0.15, -0.1) is 11.3 Å². The number of anilines is 2. The number of para-hydroxylation sites is 2. The predicted octanol–water partition coefficient (Wildman–Crippen LogP) is 5.43. The standard InChI is InChI=1S/C19H13BrN2O3S/c1-24-17-5-3-2-4-14(17)21-19-22-15(10-26-19)13-9-11-8-12(20)6-7-16(11)25-18(13)23/h2-10H,1H3,(H,21,22). The molecule has 26 heavy (non-hydrogen) atoms. The molecule has 0 spiro atoms. The van der Waals surface area contributed by atoms with Gasteiger partial charge in [0.05, 0.1) is 24.1 Å². The molecule has 0 aliphatic rings. The first kappa shape index (κ1) is 16.8. The van der Waals surface area contributed by atoms with Crippen molar-refractivity contribution in [2.45, 2.75) is 0 Å². The van der Waals surface area contributed by atoms with E-state index >= 15 is 0 Å². The van der Waals surface area contributed by atoms with Crippen molar-refractivity contribution in [2.75, 3.05) is 12.4 Å². The van der Waals surface area contributed by atoms with Crippen LogP contribution in [0.3, 0.4) is 0 Å². The van der Waals surface area contributed by atoms with E-state index < -0.39 is 5.63 Å². The van der Waals surface area contributed by atoms with Crippen molar-refractivity contribution in [1.82, 2.24) is 4.98 Å². The zero-order valence-corrected chi connectivity index (χ0v) is 16.1. The molecule has 2 heterocycles. The molecule has 4 aromatic rings. The highest BCUT2D eigenvalue weighted by Gasteiger charge is 2.13. The van der Waals surface area contributed by atoms with E-state index in [9.17, 15) is 4.79 Å². The number of aromatic nitrogens is 1. The summed E-state index contributed by atoms with van der Waals surface area (Å²) in [4.78, 5) is 16.9. The average molecular weight is 429 g/mol. The highest BCUT2D eigenvalue weighted by Crippen LogP contribution is 2.31. The number of nitrogens with zero attached hydrogens (tertiary/aromatic N) is 1. The molecular formula is C19H13BrN2O3S. The molecule has 0 aliphatic heterocycles. The summed E-state index contributed by atoms with van der Waals surface area (Å²) in [5.74, 6) is 0.722. The predicted molar refractivity (Wildman–Crippen MR) is 108 cm³/mol. The summed E-state index contributed by atoms with van der Waals surface area (Å²) < 4.78 is 11.7. The molecule has 4 rings (SSSR count). The number of benzene rings is 2. The number of methoxy groups -OCH3 is 1. The van der Waals surface area contributed by atoms with Gasteiger partial charge in [-0.05, 0) is 36.4 Å². The Morgan fingerprint density at radius 1 is 1.19 bits per heavy atom. The molecule has 0 amide bonds. The molecule has 0 radical (unpaired) electrons. The van der Waals surface area contributed by atoms with Gasteiger partial charge in [-0.1, -0.05) is 28.1 Å². The zero-order valence-electron chi connectivity index (χ0n) is 13.7. The monoisotopic (exact) mass is 428 g/mol. The molecule has 2 aromatic heterocycles. The normalized spacial score (nSPS) is 10.8. The Morgan fingerprint density at radius 3 is 2.88 bits per heavy atom. The number of halogens is 1. The molecule has 0 bridgehead atoms. The Kier molecular flexibility index (Phi) is 4.48. The van der Waals surface area contributed by atoms with Gasteiger partial charge in [0.25, 0.3) is 0 Å². The quantitative estimate of drug-likeness (QED) is 0.438. The van der Waals surface area contributed by atoms with Crippen LogP contribution in [0.4, 0.5) is 10.8 Å². The molecular weight excluding hydrogens is 416 g/mol. The lowest BCUT2D eigenvalue weighted by Gasteiger charge is -2.08. The molecule has 130 valence electrons. The molecule has 2 aromatic carbocycles. The van der Waals surface area contributed by atoms with Crippen molar-refractivity contribution in [2.24, 2.45) is 0 Å². The van der Waals surface area contributed by atoms with E-state index in [1.165, 1.54) is 11.3 Å². The van der Waals surface area contributed by atoms with Gasteiger partial charge in [-0.2, -0.15) is 0 Å². The summed E-state index contributed by atoms with van der Waals surface area (Å²) in [6.45, 7) is 0. The molecule has 0 aliphatic carbocycles. The Hall–Kier alpha value is -2.64. The second-order valence-electron chi connectivity index (χ2n) is 5.49. The van der Waals surface area contributed by atoms with Gasteiger partial charge in [0.1, 0.15) is 11.3 Å². The van der Waals surface area contributed by atoms with E-state index in [1.807, 2.05) is 41.8 Å². The number of ether oxygens (including phenoxy) is 1. The Labute approximate surface area is 161 Å². The largest absolute Gasteiger partial charge is 0.495 e. The minimum atomic E-state index is -0.408. The van der Waals surface area contributed by atoms with Crippen LogP contribution in [0.25, 0.3) is 22.2 Å². The molecule has 5 nitrogen and oxygen atoms in total. The molecule has 0 saturated carbocycles. The van der Waals surface area contributed by atoms with Crippen LogP contribution < -0.4 is 15.7 Å². The van der Waals surface area contributed by atoms with Gasteiger partial charge in [-0.25, -0.2) is 9.78 Å². The maximum atomic E-state index is 12.3. The Balaban J connectivity index is 1.71. The summed E-state index contributed by atoms with van der Waals surface area (Å²) in [7, 11) is 1.62. The number of thiazole rings is 1. The van der Waals surface area contributed by atoms with E-state index in [-0.39, 0.29) is 0 Å². The van der Waals surface area contributed by atoms with E-state index in [0.29, 0.717) is 22.0 Å². The van der Waals surface area contributed by atoms with Gasteiger partial charge in [0.2, 0.25) is 0 Å². The van der Waals surface area contributed by atoms with Crippen molar-refractivity contribution in [1.29, 1.82) is 0 Å². The van der Waals surface area contributed by atoms with Gasteiger partial charge in [0.15, 0.2) is 5.13 Å². The maximum absolute atomic E-state index is 12.3. The molecule has 7 heteroatoms. The third-order valence-electron chi connectivity index (χ3n) is 3.82. The zero-order chi connectivity index (χ0) is 18.1. The van der Waals surface area contributed by atoms with Gasteiger partial charge >= 0.3 is 5.63 Å². The van der Waals surface area contributed by atoms with Gasteiger partial charge in [-0.3, -0.25) is 0 Å². The van der Waals surface area contributed by atoms with E-state index in [4.69, 9.17) is 9.15 Å². The van der Waals surface area contributed by atoms with E-state index in [2.05, 4.69) is 26.2 Å². The second-order valence-corrected chi connectivity index (χ2v) is 7.27. The van der Waals surface area contributed by atoms with Crippen LogP contribution in [-0.4, -0.2) is 12.1 Å². The third kappa shape index (κ3) is 3.23. The second kappa shape index (κ2) is 6.93. The summed E-state index contributed by atoms with van der Waals surface area (Å²) >= 11 is 4.84. The first-order chi connectivity index (χ1) is 12.6. The summed E-state index contributed by atoms with van der Waals surface area (Å²) in [6, 6.07) is 14.9. The van der Waals surface area contributed by atoms with Crippen molar-refractivity contribution in [3.05, 3.63) is 68.8 Å². The lowest BCUT2D eigenvalue weighted by Crippen LogP contribution is -2.03.